The normalized spacial score (nSPS) is 20.4. The SMILES string of the molecule is COC[C@H]1CCCN1c1cccc(C(F)(F)F)c1. The third kappa shape index (κ3) is 2.77. The third-order valence-electron chi connectivity index (χ3n) is 3.24. The minimum absolute atomic E-state index is 0.179. The van der Waals surface area contributed by atoms with Crippen LogP contribution in [-0.4, -0.2) is 26.3 Å². The van der Waals surface area contributed by atoms with Crippen molar-refractivity contribution in [1.29, 1.82) is 0 Å². The molecule has 18 heavy (non-hydrogen) atoms. The number of nitrogens with zero attached hydrogens (tertiary/aromatic N) is 1. The van der Waals surface area contributed by atoms with Crippen LogP contribution in [0.5, 0.6) is 0 Å². The lowest BCUT2D eigenvalue weighted by atomic mass is 10.1. The van der Waals surface area contributed by atoms with Crippen LogP contribution in [0, 0.1) is 0 Å². The average Bonchev–Trinajstić information content (AvgIpc) is 2.77. The molecule has 0 aromatic heterocycles. The monoisotopic (exact) mass is 259 g/mol. The van der Waals surface area contributed by atoms with Crippen molar-refractivity contribution >= 4 is 5.69 Å². The van der Waals surface area contributed by atoms with Gasteiger partial charge in [-0.25, -0.2) is 0 Å². The molecule has 0 aliphatic carbocycles. The van der Waals surface area contributed by atoms with Crippen molar-refractivity contribution in [1.82, 2.24) is 0 Å². The third-order valence-corrected chi connectivity index (χ3v) is 3.24. The molecule has 2 nitrogen and oxygen atoms in total. The molecule has 1 heterocycles. The first-order chi connectivity index (χ1) is 8.52. The van der Waals surface area contributed by atoms with Gasteiger partial charge in [0.2, 0.25) is 0 Å². The minimum atomic E-state index is -4.29. The highest BCUT2D eigenvalue weighted by Gasteiger charge is 2.32. The fourth-order valence-electron chi connectivity index (χ4n) is 2.40. The molecule has 1 fully saturated rings. The molecule has 0 radical (unpaired) electrons. The minimum Gasteiger partial charge on any atom is -0.383 e. The van der Waals surface area contributed by atoms with Crippen LogP contribution in [0.4, 0.5) is 18.9 Å². The number of alkyl halides is 3. The molecule has 1 aliphatic rings. The molecule has 1 aromatic carbocycles. The van der Waals surface area contributed by atoms with E-state index in [1.165, 1.54) is 12.1 Å². The van der Waals surface area contributed by atoms with E-state index in [0.717, 1.165) is 25.5 Å². The molecule has 5 heteroatoms. The molecule has 1 aliphatic heterocycles. The van der Waals surface area contributed by atoms with E-state index in [1.54, 1.807) is 13.2 Å². The maximum absolute atomic E-state index is 12.7. The molecule has 0 unspecified atom stereocenters. The van der Waals surface area contributed by atoms with Gasteiger partial charge in [-0.15, -0.1) is 0 Å². The van der Waals surface area contributed by atoms with E-state index in [0.29, 0.717) is 12.3 Å². The summed E-state index contributed by atoms with van der Waals surface area (Å²) in [7, 11) is 1.61. The van der Waals surface area contributed by atoms with E-state index in [4.69, 9.17) is 4.74 Å². The lowest BCUT2D eigenvalue weighted by Gasteiger charge is -2.26. The van der Waals surface area contributed by atoms with Gasteiger partial charge in [0.05, 0.1) is 18.2 Å². The Morgan fingerprint density at radius 1 is 1.39 bits per heavy atom. The first-order valence-electron chi connectivity index (χ1n) is 5.95. The highest BCUT2D eigenvalue weighted by molar-refractivity contribution is 5.51. The molecule has 0 bridgehead atoms. The van der Waals surface area contributed by atoms with Crippen LogP contribution in [0.3, 0.4) is 0 Å². The zero-order chi connectivity index (χ0) is 13.2. The summed E-state index contributed by atoms with van der Waals surface area (Å²) < 4.78 is 43.1. The van der Waals surface area contributed by atoms with Gasteiger partial charge in [0.1, 0.15) is 0 Å². The van der Waals surface area contributed by atoms with Gasteiger partial charge in [-0.2, -0.15) is 13.2 Å². The largest absolute Gasteiger partial charge is 0.416 e. The summed E-state index contributed by atoms with van der Waals surface area (Å²) in [6.07, 6.45) is -2.33. The Bertz CT molecular complexity index is 405. The van der Waals surface area contributed by atoms with Crippen molar-refractivity contribution in [2.24, 2.45) is 0 Å². The molecule has 0 amide bonds. The van der Waals surface area contributed by atoms with Gasteiger partial charge in [-0.05, 0) is 31.0 Å². The summed E-state index contributed by atoms with van der Waals surface area (Å²) in [5.41, 5.74) is 0.0347. The second kappa shape index (κ2) is 5.18. The fourth-order valence-corrected chi connectivity index (χ4v) is 2.40. The lowest BCUT2D eigenvalue weighted by molar-refractivity contribution is -0.137. The van der Waals surface area contributed by atoms with Gasteiger partial charge in [0.15, 0.2) is 0 Å². The molecule has 100 valence electrons. The molecule has 0 spiro atoms. The number of rotatable bonds is 3. The maximum atomic E-state index is 12.7. The predicted molar refractivity (Wildman–Crippen MR) is 63.7 cm³/mol. The molecule has 2 rings (SSSR count). The summed E-state index contributed by atoms with van der Waals surface area (Å²) in [6.45, 7) is 1.34. The number of methoxy groups -OCH3 is 1. The number of benzene rings is 1. The van der Waals surface area contributed by atoms with Gasteiger partial charge < -0.3 is 9.64 Å². The standard InChI is InChI=1S/C13H16F3NO/c1-18-9-12-6-3-7-17(12)11-5-2-4-10(8-11)13(14,15)16/h2,4-5,8,12H,3,6-7,9H2,1H3/t12-/m1/s1. The van der Waals surface area contributed by atoms with E-state index >= 15 is 0 Å². The summed E-state index contributed by atoms with van der Waals surface area (Å²) in [4.78, 5) is 2.00. The van der Waals surface area contributed by atoms with Gasteiger partial charge in [0, 0.05) is 19.3 Å². The Hall–Kier alpha value is -1.23. The quantitative estimate of drug-likeness (QED) is 0.825. The summed E-state index contributed by atoms with van der Waals surface area (Å²) >= 11 is 0. The first kappa shape index (κ1) is 13.2. The van der Waals surface area contributed by atoms with E-state index in [9.17, 15) is 13.2 Å². The zero-order valence-electron chi connectivity index (χ0n) is 10.2. The van der Waals surface area contributed by atoms with Gasteiger partial charge >= 0.3 is 6.18 Å². The van der Waals surface area contributed by atoms with Crippen LogP contribution in [0.2, 0.25) is 0 Å². The van der Waals surface area contributed by atoms with Gasteiger partial charge in [-0.1, -0.05) is 6.07 Å². The lowest BCUT2D eigenvalue weighted by Crippen LogP contribution is -2.32. The smallest absolute Gasteiger partial charge is 0.383 e. The van der Waals surface area contributed by atoms with Gasteiger partial charge in [0.25, 0.3) is 0 Å². The second-order valence-electron chi connectivity index (χ2n) is 4.49. The Balaban J connectivity index is 2.22. The average molecular weight is 259 g/mol. The van der Waals surface area contributed by atoms with Crippen LogP contribution in [0.25, 0.3) is 0 Å². The number of hydrogen-bond donors (Lipinski definition) is 0. The van der Waals surface area contributed by atoms with Crippen LogP contribution in [-0.2, 0) is 10.9 Å². The maximum Gasteiger partial charge on any atom is 0.416 e. The molecule has 1 atom stereocenters. The Morgan fingerprint density at radius 3 is 2.83 bits per heavy atom. The summed E-state index contributed by atoms with van der Waals surface area (Å²) in [6, 6.07) is 5.68. The molecular weight excluding hydrogens is 243 g/mol. The van der Waals surface area contributed by atoms with Crippen LogP contribution in [0.1, 0.15) is 18.4 Å². The van der Waals surface area contributed by atoms with Gasteiger partial charge in [-0.3, -0.25) is 0 Å². The Kier molecular flexibility index (Phi) is 3.80. The zero-order valence-corrected chi connectivity index (χ0v) is 10.2. The Labute approximate surface area is 104 Å². The second-order valence-corrected chi connectivity index (χ2v) is 4.49. The molecular formula is C13H16F3NO. The topological polar surface area (TPSA) is 12.5 Å². The van der Waals surface area contributed by atoms with Crippen LogP contribution >= 0.6 is 0 Å². The Morgan fingerprint density at radius 2 is 2.17 bits per heavy atom. The molecule has 0 N–H and O–H groups in total. The van der Waals surface area contributed by atoms with E-state index in [2.05, 4.69) is 0 Å². The number of ether oxygens (including phenoxy) is 1. The van der Waals surface area contributed by atoms with Crippen LogP contribution < -0.4 is 4.90 Å². The van der Waals surface area contributed by atoms with Crippen molar-refractivity contribution in [3.05, 3.63) is 29.8 Å². The summed E-state index contributed by atoms with van der Waals surface area (Å²) in [5, 5.41) is 0. The number of anilines is 1. The highest BCUT2D eigenvalue weighted by Crippen LogP contribution is 2.33. The van der Waals surface area contributed by atoms with Crippen molar-refractivity contribution in [2.45, 2.75) is 25.1 Å². The highest BCUT2D eigenvalue weighted by atomic mass is 19.4. The van der Waals surface area contributed by atoms with Crippen molar-refractivity contribution in [3.63, 3.8) is 0 Å². The molecule has 1 aromatic rings. The van der Waals surface area contributed by atoms with Crippen molar-refractivity contribution in [2.75, 3.05) is 25.2 Å². The predicted octanol–water partition coefficient (Wildman–Crippen LogP) is 3.32. The molecule has 0 saturated carbocycles. The number of halogens is 3. The molecule has 1 saturated heterocycles. The van der Waals surface area contributed by atoms with Crippen molar-refractivity contribution < 1.29 is 17.9 Å². The van der Waals surface area contributed by atoms with E-state index in [-0.39, 0.29) is 6.04 Å². The van der Waals surface area contributed by atoms with E-state index in [1.807, 2.05) is 4.90 Å². The first-order valence-corrected chi connectivity index (χ1v) is 5.95. The van der Waals surface area contributed by atoms with E-state index < -0.39 is 11.7 Å². The van der Waals surface area contributed by atoms with Crippen LogP contribution in [0.15, 0.2) is 24.3 Å². The summed E-state index contributed by atoms with van der Waals surface area (Å²) in [5.74, 6) is 0. The van der Waals surface area contributed by atoms with Crippen molar-refractivity contribution in [3.8, 4) is 0 Å². The number of hydrogen-bond acceptors (Lipinski definition) is 2. The fraction of sp³-hybridized carbons (Fsp3) is 0.538.